The number of anilines is 3. The van der Waals surface area contributed by atoms with Crippen LogP contribution < -0.4 is 10.6 Å². The maximum Gasteiger partial charge on any atom is 0.158 e. The number of hydrogen-bond acceptors (Lipinski definition) is 6. The highest BCUT2D eigenvalue weighted by atomic mass is 32.1. The maximum atomic E-state index is 5.04. The highest BCUT2D eigenvalue weighted by molar-refractivity contribution is 7.08. The SMILES string of the molecule is CNc1cc(Nc2ccsc2)nc(COC)n1. The molecule has 0 bridgehead atoms. The maximum absolute atomic E-state index is 5.04. The van der Waals surface area contributed by atoms with Crippen LogP contribution in [0.2, 0.25) is 0 Å². The summed E-state index contributed by atoms with van der Waals surface area (Å²) in [6.45, 7) is 0.397. The fraction of sp³-hybridized carbons (Fsp3) is 0.273. The molecule has 0 spiro atoms. The second kappa shape index (κ2) is 5.60. The number of thiophene rings is 1. The summed E-state index contributed by atoms with van der Waals surface area (Å²) in [5.41, 5.74) is 1.03. The van der Waals surface area contributed by atoms with Crippen molar-refractivity contribution in [1.29, 1.82) is 0 Å². The molecule has 0 fully saturated rings. The van der Waals surface area contributed by atoms with Gasteiger partial charge in [-0.1, -0.05) is 0 Å². The number of ether oxygens (including phenoxy) is 1. The van der Waals surface area contributed by atoms with Gasteiger partial charge in [-0.25, -0.2) is 9.97 Å². The van der Waals surface area contributed by atoms with Crippen molar-refractivity contribution in [2.24, 2.45) is 0 Å². The van der Waals surface area contributed by atoms with E-state index in [2.05, 4.69) is 20.6 Å². The third-order valence-corrected chi connectivity index (χ3v) is 2.78. The highest BCUT2D eigenvalue weighted by Crippen LogP contribution is 2.19. The molecule has 90 valence electrons. The molecule has 0 saturated heterocycles. The second-order valence-corrected chi connectivity index (χ2v) is 4.15. The Labute approximate surface area is 104 Å². The molecule has 2 N–H and O–H groups in total. The first-order valence-corrected chi connectivity index (χ1v) is 6.10. The minimum absolute atomic E-state index is 0.397. The van der Waals surface area contributed by atoms with Gasteiger partial charge in [0.2, 0.25) is 0 Å². The molecule has 0 radical (unpaired) electrons. The lowest BCUT2D eigenvalue weighted by Gasteiger charge is -2.08. The largest absolute Gasteiger partial charge is 0.377 e. The van der Waals surface area contributed by atoms with E-state index in [9.17, 15) is 0 Å². The molecule has 2 aromatic rings. The molecular weight excluding hydrogens is 236 g/mol. The summed E-state index contributed by atoms with van der Waals surface area (Å²) in [6, 6.07) is 3.86. The molecule has 0 aromatic carbocycles. The summed E-state index contributed by atoms with van der Waals surface area (Å²) >= 11 is 1.64. The van der Waals surface area contributed by atoms with Crippen molar-refractivity contribution in [3.8, 4) is 0 Å². The zero-order valence-corrected chi connectivity index (χ0v) is 10.5. The van der Waals surface area contributed by atoms with E-state index in [0.29, 0.717) is 12.4 Å². The minimum Gasteiger partial charge on any atom is -0.377 e. The molecule has 0 aliphatic carbocycles. The molecule has 2 rings (SSSR count). The van der Waals surface area contributed by atoms with Gasteiger partial charge in [-0.15, -0.1) is 0 Å². The van der Waals surface area contributed by atoms with Gasteiger partial charge < -0.3 is 15.4 Å². The number of methoxy groups -OCH3 is 1. The fourth-order valence-corrected chi connectivity index (χ4v) is 1.95. The van der Waals surface area contributed by atoms with Gasteiger partial charge in [0.25, 0.3) is 0 Å². The molecule has 0 saturated carbocycles. The fourth-order valence-electron chi connectivity index (χ4n) is 1.37. The molecule has 17 heavy (non-hydrogen) atoms. The van der Waals surface area contributed by atoms with E-state index in [4.69, 9.17) is 4.74 Å². The van der Waals surface area contributed by atoms with Crippen LogP contribution in [0.5, 0.6) is 0 Å². The number of aromatic nitrogens is 2. The Balaban J connectivity index is 2.23. The summed E-state index contributed by atoms with van der Waals surface area (Å²) in [6.07, 6.45) is 0. The molecule has 2 heterocycles. The Morgan fingerprint density at radius 2 is 2.18 bits per heavy atom. The Morgan fingerprint density at radius 1 is 1.35 bits per heavy atom. The van der Waals surface area contributed by atoms with Crippen LogP contribution in [-0.4, -0.2) is 24.1 Å². The summed E-state index contributed by atoms with van der Waals surface area (Å²) in [5, 5.41) is 10.3. The molecule has 0 aliphatic rings. The van der Waals surface area contributed by atoms with Crippen LogP contribution in [0, 0.1) is 0 Å². The van der Waals surface area contributed by atoms with E-state index in [1.807, 2.05) is 29.9 Å². The molecule has 0 amide bonds. The monoisotopic (exact) mass is 250 g/mol. The lowest BCUT2D eigenvalue weighted by molar-refractivity contribution is 0.178. The minimum atomic E-state index is 0.397. The quantitative estimate of drug-likeness (QED) is 0.853. The second-order valence-electron chi connectivity index (χ2n) is 3.37. The summed E-state index contributed by atoms with van der Waals surface area (Å²) < 4.78 is 5.04. The van der Waals surface area contributed by atoms with Gasteiger partial charge in [-0.2, -0.15) is 11.3 Å². The topological polar surface area (TPSA) is 59.1 Å². The molecule has 0 atom stereocenters. The first-order valence-electron chi connectivity index (χ1n) is 5.15. The van der Waals surface area contributed by atoms with Crippen molar-refractivity contribution in [2.45, 2.75) is 6.61 Å². The van der Waals surface area contributed by atoms with E-state index in [-0.39, 0.29) is 0 Å². The molecular formula is C11H14N4OS. The molecule has 6 heteroatoms. The van der Waals surface area contributed by atoms with Gasteiger partial charge in [-0.3, -0.25) is 0 Å². The third kappa shape index (κ3) is 3.15. The number of nitrogens with zero attached hydrogens (tertiary/aromatic N) is 2. The van der Waals surface area contributed by atoms with E-state index < -0.39 is 0 Å². The Kier molecular flexibility index (Phi) is 3.89. The smallest absolute Gasteiger partial charge is 0.158 e. The van der Waals surface area contributed by atoms with Crippen LogP contribution >= 0.6 is 11.3 Å². The van der Waals surface area contributed by atoms with Crippen LogP contribution in [0.25, 0.3) is 0 Å². The predicted molar refractivity (Wildman–Crippen MR) is 69.9 cm³/mol. The van der Waals surface area contributed by atoms with Gasteiger partial charge in [0.05, 0.1) is 5.69 Å². The Hall–Kier alpha value is -1.66. The number of nitrogens with one attached hydrogen (secondary N) is 2. The van der Waals surface area contributed by atoms with Crippen LogP contribution in [0.15, 0.2) is 22.9 Å². The van der Waals surface area contributed by atoms with Crippen molar-refractivity contribution >= 4 is 28.7 Å². The van der Waals surface area contributed by atoms with Crippen molar-refractivity contribution in [1.82, 2.24) is 9.97 Å². The van der Waals surface area contributed by atoms with Crippen molar-refractivity contribution in [2.75, 3.05) is 24.8 Å². The third-order valence-electron chi connectivity index (χ3n) is 2.10. The van der Waals surface area contributed by atoms with Gasteiger partial charge in [0.1, 0.15) is 18.2 Å². The average Bonchev–Trinajstić information content (AvgIpc) is 2.82. The first kappa shape index (κ1) is 11.8. The van der Waals surface area contributed by atoms with Crippen LogP contribution in [-0.2, 0) is 11.3 Å². The van der Waals surface area contributed by atoms with Gasteiger partial charge in [-0.05, 0) is 11.4 Å². The zero-order valence-electron chi connectivity index (χ0n) is 9.73. The summed E-state index contributed by atoms with van der Waals surface area (Å²) in [7, 11) is 3.45. The zero-order chi connectivity index (χ0) is 12.1. The summed E-state index contributed by atoms with van der Waals surface area (Å²) in [4.78, 5) is 8.65. The van der Waals surface area contributed by atoms with Crippen molar-refractivity contribution in [3.63, 3.8) is 0 Å². The van der Waals surface area contributed by atoms with Gasteiger partial charge in [0.15, 0.2) is 5.82 Å². The summed E-state index contributed by atoms with van der Waals surface area (Å²) in [5.74, 6) is 2.18. The molecule has 5 nitrogen and oxygen atoms in total. The van der Waals surface area contributed by atoms with Gasteiger partial charge in [0, 0.05) is 25.6 Å². The lowest BCUT2D eigenvalue weighted by atomic mass is 10.4. The van der Waals surface area contributed by atoms with Crippen molar-refractivity contribution < 1.29 is 4.74 Å². The number of rotatable bonds is 5. The lowest BCUT2D eigenvalue weighted by Crippen LogP contribution is -2.04. The average molecular weight is 250 g/mol. The predicted octanol–water partition coefficient (Wildman–Crippen LogP) is 2.47. The van der Waals surface area contributed by atoms with E-state index in [1.165, 1.54) is 0 Å². The molecule has 0 unspecified atom stereocenters. The van der Waals surface area contributed by atoms with Crippen LogP contribution in [0.1, 0.15) is 5.82 Å². The highest BCUT2D eigenvalue weighted by Gasteiger charge is 2.04. The van der Waals surface area contributed by atoms with Gasteiger partial charge >= 0.3 is 0 Å². The normalized spacial score (nSPS) is 10.2. The molecule has 0 aliphatic heterocycles. The van der Waals surface area contributed by atoms with E-state index in [1.54, 1.807) is 18.4 Å². The Morgan fingerprint density at radius 3 is 2.82 bits per heavy atom. The standard InChI is InChI=1S/C11H14N4OS/c1-12-9-5-10(13-8-3-4-17-7-8)15-11(14-9)6-16-2/h3-5,7H,6H2,1-2H3,(H2,12,13,14,15). The van der Waals surface area contributed by atoms with Crippen LogP contribution in [0.4, 0.5) is 17.3 Å². The van der Waals surface area contributed by atoms with Crippen molar-refractivity contribution in [3.05, 3.63) is 28.7 Å². The van der Waals surface area contributed by atoms with E-state index in [0.717, 1.165) is 17.3 Å². The number of hydrogen-bond donors (Lipinski definition) is 2. The molecule has 2 aromatic heterocycles. The Bertz CT molecular complexity index is 472. The van der Waals surface area contributed by atoms with E-state index >= 15 is 0 Å². The first-order chi connectivity index (χ1) is 8.31. The van der Waals surface area contributed by atoms with Crippen LogP contribution in [0.3, 0.4) is 0 Å².